The maximum atomic E-state index is 12.2. The second-order valence-corrected chi connectivity index (χ2v) is 6.11. The highest BCUT2D eigenvalue weighted by atomic mass is 35.5. The van der Waals surface area contributed by atoms with Crippen molar-refractivity contribution in [2.24, 2.45) is 0 Å². The molecular weight excluding hydrogens is 356 g/mol. The lowest BCUT2D eigenvalue weighted by atomic mass is 10.1. The van der Waals surface area contributed by atoms with E-state index in [1.165, 1.54) is 20.3 Å². The molecule has 26 heavy (non-hydrogen) atoms. The third kappa shape index (κ3) is 4.67. The smallest absolute Gasteiger partial charge is 0.233 e. The van der Waals surface area contributed by atoms with Gasteiger partial charge in [-0.05, 0) is 31.0 Å². The third-order valence-electron chi connectivity index (χ3n) is 3.95. The summed E-state index contributed by atoms with van der Waals surface area (Å²) in [5.41, 5.74) is 3.09. The summed E-state index contributed by atoms with van der Waals surface area (Å²) >= 11 is 6.04. The third-order valence-corrected chi connectivity index (χ3v) is 4.24. The molecule has 6 nitrogen and oxygen atoms in total. The SMILES string of the molecule is COc1cc(NC(=O)CC(=O)Nc2cccc(C)c2C)c(OC)cc1Cl. The molecule has 0 bridgehead atoms. The van der Waals surface area contributed by atoms with E-state index in [9.17, 15) is 9.59 Å². The van der Waals surface area contributed by atoms with Gasteiger partial charge in [0.1, 0.15) is 17.9 Å². The molecule has 0 radical (unpaired) electrons. The van der Waals surface area contributed by atoms with Crippen molar-refractivity contribution in [2.45, 2.75) is 20.3 Å². The molecule has 2 aromatic rings. The Balaban J connectivity index is 2.06. The second kappa shape index (κ2) is 8.58. The number of hydrogen-bond donors (Lipinski definition) is 2. The molecule has 138 valence electrons. The van der Waals surface area contributed by atoms with E-state index in [-0.39, 0.29) is 6.42 Å². The summed E-state index contributed by atoms with van der Waals surface area (Å²) in [7, 11) is 2.93. The van der Waals surface area contributed by atoms with Gasteiger partial charge in [0.05, 0.1) is 24.9 Å². The van der Waals surface area contributed by atoms with Gasteiger partial charge in [-0.15, -0.1) is 0 Å². The highest BCUT2D eigenvalue weighted by Crippen LogP contribution is 2.35. The molecule has 2 aromatic carbocycles. The van der Waals surface area contributed by atoms with Crippen LogP contribution in [0.5, 0.6) is 11.5 Å². The molecule has 0 unspecified atom stereocenters. The summed E-state index contributed by atoms with van der Waals surface area (Å²) in [4.78, 5) is 24.4. The number of nitrogens with one attached hydrogen (secondary N) is 2. The van der Waals surface area contributed by atoms with Crippen molar-refractivity contribution in [3.63, 3.8) is 0 Å². The Labute approximate surface area is 157 Å². The fourth-order valence-corrected chi connectivity index (χ4v) is 2.61. The summed E-state index contributed by atoms with van der Waals surface area (Å²) in [6, 6.07) is 8.68. The number of ether oxygens (including phenoxy) is 2. The van der Waals surface area contributed by atoms with Crippen molar-refractivity contribution in [1.29, 1.82) is 0 Å². The number of halogens is 1. The zero-order valence-electron chi connectivity index (χ0n) is 15.1. The molecule has 0 saturated heterocycles. The fourth-order valence-electron chi connectivity index (χ4n) is 2.38. The number of rotatable bonds is 6. The van der Waals surface area contributed by atoms with E-state index in [4.69, 9.17) is 21.1 Å². The van der Waals surface area contributed by atoms with Crippen LogP contribution in [0.1, 0.15) is 17.5 Å². The van der Waals surface area contributed by atoms with Crippen LogP contribution in [-0.2, 0) is 9.59 Å². The lowest BCUT2D eigenvalue weighted by molar-refractivity contribution is -0.123. The minimum absolute atomic E-state index is 0.332. The highest BCUT2D eigenvalue weighted by Gasteiger charge is 2.15. The van der Waals surface area contributed by atoms with Gasteiger partial charge in [0.25, 0.3) is 0 Å². The summed E-state index contributed by atoms with van der Waals surface area (Å²) in [6.45, 7) is 3.87. The van der Waals surface area contributed by atoms with E-state index in [0.717, 1.165) is 11.1 Å². The van der Waals surface area contributed by atoms with E-state index in [0.29, 0.717) is 27.9 Å². The van der Waals surface area contributed by atoms with Crippen LogP contribution in [0.3, 0.4) is 0 Å². The second-order valence-electron chi connectivity index (χ2n) is 5.71. The summed E-state index contributed by atoms with van der Waals surface area (Å²) < 4.78 is 10.3. The maximum absolute atomic E-state index is 12.2. The van der Waals surface area contributed by atoms with Crippen molar-refractivity contribution in [3.8, 4) is 11.5 Å². The van der Waals surface area contributed by atoms with E-state index in [1.54, 1.807) is 12.1 Å². The number of anilines is 2. The number of aryl methyl sites for hydroxylation is 1. The highest BCUT2D eigenvalue weighted by molar-refractivity contribution is 6.32. The number of carbonyl (C=O) groups excluding carboxylic acids is 2. The zero-order valence-corrected chi connectivity index (χ0v) is 15.9. The molecule has 0 heterocycles. The Morgan fingerprint density at radius 1 is 0.962 bits per heavy atom. The monoisotopic (exact) mass is 376 g/mol. The minimum Gasteiger partial charge on any atom is -0.495 e. The number of amides is 2. The Morgan fingerprint density at radius 3 is 2.19 bits per heavy atom. The number of benzene rings is 2. The predicted molar refractivity (Wildman–Crippen MR) is 102 cm³/mol. The van der Waals surface area contributed by atoms with Gasteiger partial charge >= 0.3 is 0 Å². The molecule has 0 aliphatic heterocycles. The average Bonchev–Trinajstić information content (AvgIpc) is 2.59. The Hall–Kier alpha value is -2.73. The van der Waals surface area contributed by atoms with Crippen molar-refractivity contribution in [3.05, 3.63) is 46.5 Å². The molecular formula is C19H21ClN2O4. The molecule has 0 fully saturated rings. The molecule has 0 aromatic heterocycles. The predicted octanol–water partition coefficient (Wildman–Crippen LogP) is 3.94. The van der Waals surface area contributed by atoms with Gasteiger partial charge < -0.3 is 20.1 Å². The molecule has 2 amide bonds. The van der Waals surface area contributed by atoms with Crippen LogP contribution in [0.25, 0.3) is 0 Å². The minimum atomic E-state index is -0.476. The average molecular weight is 377 g/mol. The van der Waals surface area contributed by atoms with Crippen LogP contribution in [0.2, 0.25) is 5.02 Å². The Morgan fingerprint density at radius 2 is 1.58 bits per heavy atom. The van der Waals surface area contributed by atoms with Crippen LogP contribution >= 0.6 is 11.6 Å². The standard InChI is InChI=1S/C19H21ClN2O4/c1-11-6-5-7-14(12(11)2)21-18(23)10-19(24)22-15-9-16(25-3)13(20)8-17(15)26-4/h5-9H,10H2,1-4H3,(H,21,23)(H,22,24). The van der Waals surface area contributed by atoms with Crippen molar-refractivity contribution in [1.82, 2.24) is 0 Å². The van der Waals surface area contributed by atoms with E-state index in [2.05, 4.69) is 10.6 Å². The van der Waals surface area contributed by atoms with Gasteiger partial charge in [0.15, 0.2) is 0 Å². The fraction of sp³-hybridized carbons (Fsp3) is 0.263. The topological polar surface area (TPSA) is 76.7 Å². The van der Waals surface area contributed by atoms with Crippen LogP contribution in [-0.4, -0.2) is 26.0 Å². The first kappa shape index (κ1) is 19.6. The van der Waals surface area contributed by atoms with Gasteiger partial charge in [0, 0.05) is 17.8 Å². The van der Waals surface area contributed by atoms with Gasteiger partial charge in [-0.1, -0.05) is 23.7 Å². The van der Waals surface area contributed by atoms with Crippen molar-refractivity contribution < 1.29 is 19.1 Å². The van der Waals surface area contributed by atoms with Crippen molar-refractivity contribution >= 4 is 34.8 Å². The van der Waals surface area contributed by atoms with Gasteiger partial charge in [-0.25, -0.2) is 0 Å². The van der Waals surface area contributed by atoms with Crippen LogP contribution in [0.15, 0.2) is 30.3 Å². The molecule has 0 saturated carbocycles. The van der Waals surface area contributed by atoms with Crippen LogP contribution < -0.4 is 20.1 Å². The van der Waals surface area contributed by atoms with E-state index in [1.807, 2.05) is 26.0 Å². The molecule has 2 rings (SSSR count). The Kier molecular flexibility index (Phi) is 6.46. The zero-order chi connectivity index (χ0) is 19.3. The number of methoxy groups -OCH3 is 2. The van der Waals surface area contributed by atoms with Gasteiger partial charge in [-0.3, -0.25) is 9.59 Å². The van der Waals surface area contributed by atoms with E-state index >= 15 is 0 Å². The molecule has 0 aliphatic rings. The molecule has 2 N–H and O–H groups in total. The lowest BCUT2D eigenvalue weighted by Crippen LogP contribution is -2.22. The van der Waals surface area contributed by atoms with Crippen molar-refractivity contribution in [2.75, 3.05) is 24.9 Å². The van der Waals surface area contributed by atoms with Gasteiger partial charge in [0.2, 0.25) is 11.8 Å². The lowest BCUT2D eigenvalue weighted by Gasteiger charge is -2.13. The summed E-state index contributed by atoms with van der Waals surface area (Å²) in [5, 5.41) is 5.75. The molecule has 0 aliphatic carbocycles. The van der Waals surface area contributed by atoms with Crippen LogP contribution in [0.4, 0.5) is 11.4 Å². The first-order valence-corrected chi connectivity index (χ1v) is 8.31. The molecule has 0 spiro atoms. The number of hydrogen-bond acceptors (Lipinski definition) is 4. The first-order valence-electron chi connectivity index (χ1n) is 7.93. The first-order chi connectivity index (χ1) is 12.3. The normalized spacial score (nSPS) is 10.2. The van der Waals surface area contributed by atoms with E-state index < -0.39 is 11.8 Å². The number of carbonyl (C=O) groups is 2. The maximum Gasteiger partial charge on any atom is 0.233 e. The molecule has 7 heteroatoms. The summed E-state index contributed by atoms with van der Waals surface area (Å²) in [5.74, 6) is -0.117. The quantitative estimate of drug-likeness (QED) is 0.748. The van der Waals surface area contributed by atoms with Crippen LogP contribution in [0, 0.1) is 13.8 Å². The largest absolute Gasteiger partial charge is 0.495 e. The van der Waals surface area contributed by atoms with Gasteiger partial charge in [-0.2, -0.15) is 0 Å². The summed E-state index contributed by atoms with van der Waals surface area (Å²) in [6.07, 6.45) is -0.332. The Bertz CT molecular complexity index is 837. The molecule has 0 atom stereocenters.